The summed E-state index contributed by atoms with van der Waals surface area (Å²) in [7, 11) is 0. The monoisotopic (exact) mass is 322 g/mol. The summed E-state index contributed by atoms with van der Waals surface area (Å²) >= 11 is 3.03. The maximum Gasteiger partial charge on any atom is 0.419 e. The van der Waals surface area contributed by atoms with Gasteiger partial charge in [-0.25, -0.2) is 4.98 Å². The summed E-state index contributed by atoms with van der Waals surface area (Å²) in [6.07, 6.45) is 0.662. The van der Waals surface area contributed by atoms with Crippen LogP contribution in [0.4, 0.5) is 19.0 Å². The van der Waals surface area contributed by atoms with E-state index in [0.29, 0.717) is 4.47 Å². The summed E-state index contributed by atoms with van der Waals surface area (Å²) in [5.41, 5.74) is -0.919. The molecule has 0 spiro atoms. The number of hydrogen-bond donors (Lipinski definition) is 1. The molecule has 0 radical (unpaired) electrons. The van der Waals surface area contributed by atoms with Crippen LogP contribution in [-0.4, -0.2) is 10.5 Å². The van der Waals surface area contributed by atoms with Crippen LogP contribution in [0.15, 0.2) is 16.7 Å². The molecule has 18 heavy (non-hydrogen) atoms. The number of pyridine rings is 1. The van der Waals surface area contributed by atoms with Crippen molar-refractivity contribution in [3.8, 4) is 0 Å². The Hall–Kier alpha value is -0.780. The second-order valence-corrected chi connectivity index (χ2v) is 5.58. The van der Waals surface area contributed by atoms with E-state index in [1.165, 1.54) is 6.20 Å². The Balaban J connectivity index is 2.32. The fourth-order valence-corrected chi connectivity index (χ4v) is 2.51. The number of nitrogens with zero attached hydrogens (tertiary/aromatic N) is 1. The van der Waals surface area contributed by atoms with Crippen molar-refractivity contribution < 1.29 is 13.2 Å². The van der Waals surface area contributed by atoms with E-state index in [2.05, 4.69) is 26.2 Å². The zero-order chi connectivity index (χ0) is 13.4. The molecule has 1 aliphatic rings. The molecule has 0 saturated heterocycles. The SMILES string of the molecule is CCC1(Nc2ncc(Br)cc2C(F)(F)F)CCC1. The lowest BCUT2D eigenvalue weighted by molar-refractivity contribution is -0.137. The van der Waals surface area contributed by atoms with Crippen molar-refractivity contribution >= 4 is 21.7 Å². The van der Waals surface area contributed by atoms with Crippen LogP contribution in [0.1, 0.15) is 38.2 Å². The lowest BCUT2D eigenvalue weighted by Crippen LogP contribution is -2.45. The number of alkyl halides is 3. The van der Waals surface area contributed by atoms with Gasteiger partial charge in [0.1, 0.15) is 5.82 Å². The molecule has 0 unspecified atom stereocenters. The van der Waals surface area contributed by atoms with Crippen LogP contribution >= 0.6 is 15.9 Å². The molecule has 1 aromatic heterocycles. The van der Waals surface area contributed by atoms with E-state index in [9.17, 15) is 13.2 Å². The lowest BCUT2D eigenvalue weighted by atomic mass is 9.75. The molecule has 0 bridgehead atoms. The van der Waals surface area contributed by atoms with Crippen LogP contribution in [0.25, 0.3) is 0 Å². The molecule has 1 heterocycles. The van der Waals surface area contributed by atoms with Crippen molar-refractivity contribution in [2.24, 2.45) is 0 Å². The van der Waals surface area contributed by atoms with Crippen molar-refractivity contribution in [3.63, 3.8) is 0 Å². The van der Waals surface area contributed by atoms with E-state index in [0.717, 1.165) is 31.7 Å². The minimum Gasteiger partial charge on any atom is -0.364 e. The number of anilines is 1. The molecule has 0 aliphatic heterocycles. The van der Waals surface area contributed by atoms with Gasteiger partial charge in [0.2, 0.25) is 0 Å². The zero-order valence-corrected chi connectivity index (χ0v) is 11.5. The summed E-state index contributed by atoms with van der Waals surface area (Å²) in [4.78, 5) is 3.88. The average molecular weight is 323 g/mol. The number of aromatic nitrogens is 1. The molecule has 0 amide bonds. The Morgan fingerprint density at radius 1 is 1.44 bits per heavy atom. The van der Waals surface area contributed by atoms with Gasteiger partial charge in [-0.1, -0.05) is 6.92 Å². The highest BCUT2D eigenvalue weighted by molar-refractivity contribution is 9.10. The van der Waals surface area contributed by atoms with Gasteiger partial charge in [0.25, 0.3) is 0 Å². The van der Waals surface area contributed by atoms with Gasteiger partial charge in [-0.15, -0.1) is 0 Å². The van der Waals surface area contributed by atoms with Crippen LogP contribution in [0.5, 0.6) is 0 Å². The maximum absolute atomic E-state index is 12.9. The summed E-state index contributed by atoms with van der Waals surface area (Å²) in [6, 6.07) is 1.07. The molecule has 6 heteroatoms. The van der Waals surface area contributed by atoms with Crippen LogP contribution in [-0.2, 0) is 6.18 Å². The van der Waals surface area contributed by atoms with Gasteiger partial charge in [-0.05, 0) is 47.7 Å². The maximum atomic E-state index is 12.9. The molecule has 100 valence electrons. The first-order valence-corrected chi connectivity index (χ1v) is 6.66. The highest BCUT2D eigenvalue weighted by Crippen LogP contribution is 2.41. The normalized spacial score (nSPS) is 18.3. The molecule has 2 nitrogen and oxygen atoms in total. The van der Waals surface area contributed by atoms with Gasteiger partial charge in [0.15, 0.2) is 0 Å². The average Bonchev–Trinajstić information content (AvgIpc) is 2.24. The molecule has 0 aromatic carbocycles. The van der Waals surface area contributed by atoms with Gasteiger partial charge < -0.3 is 5.32 Å². The Labute approximate surface area is 112 Å². The second kappa shape index (κ2) is 4.72. The van der Waals surface area contributed by atoms with Gasteiger partial charge in [-0.2, -0.15) is 13.2 Å². The third kappa shape index (κ3) is 2.63. The number of rotatable bonds is 3. The van der Waals surface area contributed by atoms with Gasteiger partial charge in [-0.3, -0.25) is 0 Å². The van der Waals surface area contributed by atoms with Crippen LogP contribution in [0.2, 0.25) is 0 Å². The van der Waals surface area contributed by atoms with Crippen molar-refractivity contribution in [2.75, 3.05) is 5.32 Å². The minimum absolute atomic E-state index is 0.0627. The quantitative estimate of drug-likeness (QED) is 0.879. The molecule has 0 atom stereocenters. The predicted molar refractivity (Wildman–Crippen MR) is 67.4 cm³/mol. The highest BCUT2D eigenvalue weighted by Gasteiger charge is 2.40. The van der Waals surface area contributed by atoms with E-state index in [1.54, 1.807) is 0 Å². The van der Waals surface area contributed by atoms with Crippen LogP contribution in [0.3, 0.4) is 0 Å². The summed E-state index contributed by atoms with van der Waals surface area (Å²) in [5, 5.41) is 2.99. The Bertz CT molecular complexity index is 436. The zero-order valence-electron chi connectivity index (χ0n) is 9.94. The standard InChI is InChI=1S/C12H14BrF3N2/c1-2-11(4-3-5-11)18-10-9(12(14,15)16)6-8(13)7-17-10/h6-7H,2-5H2,1H3,(H,17,18). The molecule has 1 N–H and O–H groups in total. The van der Waals surface area contributed by atoms with E-state index >= 15 is 0 Å². The topological polar surface area (TPSA) is 24.9 Å². The molecule has 1 aromatic rings. The molecule has 1 saturated carbocycles. The first kappa shape index (κ1) is 13.6. The fraction of sp³-hybridized carbons (Fsp3) is 0.583. The summed E-state index contributed by atoms with van der Waals surface area (Å²) < 4.78 is 39.1. The number of halogens is 4. The first-order valence-electron chi connectivity index (χ1n) is 5.87. The largest absolute Gasteiger partial charge is 0.419 e. The predicted octanol–water partition coefficient (Wildman–Crippen LogP) is 4.61. The Morgan fingerprint density at radius 3 is 2.56 bits per heavy atom. The fourth-order valence-electron chi connectivity index (χ4n) is 2.18. The number of hydrogen-bond acceptors (Lipinski definition) is 2. The Morgan fingerprint density at radius 2 is 2.11 bits per heavy atom. The summed E-state index contributed by atoms with van der Waals surface area (Å²) in [6.45, 7) is 1.98. The van der Waals surface area contributed by atoms with E-state index in [4.69, 9.17) is 0 Å². The minimum atomic E-state index is -4.39. The van der Waals surface area contributed by atoms with E-state index in [-0.39, 0.29) is 11.4 Å². The third-order valence-corrected chi connectivity index (χ3v) is 3.96. The molecular weight excluding hydrogens is 309 g/mol. The number of nitrogens with one attached hydrogen (secondary N) is 1. The van der Waals surface area contributed by atoms with Gasteiger partial charge >= 0.3 is 6.18 Å². The van der Waals surface area contributed by atoms with Crippen molar-refractivity contribution in [3.05, 3.63) is 22.3 Å². The molecule has 2 rings (SSSR count). The van der Waals surface area contributed by atoms with Crippen molar-refractivity contribution in [1.82, 2.24) is 4.98 Å². The van der Waals surface area contributed by atoms with Gasteiger partial charge in [0.05, 0.1) is 5.56 Å². The molecule has 1 fully saturated rings. The highest BCUT2D eigenvalue weighted by atomic mass is 79.9. The van der Waals surface area contributed by atoms with Gasteiger partial charge in [0, 0.05) is 16.2 Å². The van der Waals surface area contributed by atoms with E-state index in [1.807, 2.05) is 6.92 Å². The Kier molecular flexibility index (Phi) is 3.58. The lowest BCUT2D eigenvalue weighted by Gasteiger charge is -2.42. The smallest absolute Gasteiger partial charge is 0.364 e. The van der Waals surface area contributed by atoms with Crippen molar-refractivity contribution in [2.45, 2.75) is 44.3 Å². The molecule has 1 aliphatic carbocycles. The summed E-state index contributed by atoms with van der Waals surface area (Å²) in [5.74, 6) is -0.0627. The molecular formula is C12H14BrF3N2. The van der Waals surface area contributed by atoms with E-state index < -0.39 is 11.7 Å². The van der Waals surface area contributed by atoms with Crippen LogP contribution < -0.4 is 5.32 Å². The van der Waals surface area contributed by atoms with Crippen LogP contribution in [0, 0.1) is 0 Å². The first-order chi connectivity index (χ1) is 8.36. The second-order valence-electron chi connectivity index (χ2n) is 4.66. The van der Waals surface area contributed by atoms with Crippen molar-refractivity contribution in [1.29, 1.82) is 0 Å². The third-order valence-electron chi connectivity index (χ3n) is 3.53.